The molecule has 0 fully saturated rings. The quantitative estimate of drug-likeness (QED) is 0.587. The minimum Gasteiger partial charge on any atom is -0.342 e. The predicted molar refractivity (Wildman–Crippen MR) is 91.9 cm³/mol. The third-order valence-electron chi connectivity index (χ3n) is 3.97. The Hall–Kier alpha value is -2.90. The molecule has 1 N–H and O–H groups in total. The molecule has 8 heteroatoms. The Bertz CT molecular complexity index is 842. The maximum absolute atomic E-state index is 13.6. The van der Waals surface area contributed by atoms with E-state index < -0.39 is 29.0 Å². The number of nitrogens with zero attached hydrogens (tertiary/aromatic N) is 1. The molecule has 2 amide bonds. The van der Waals surface area contributed by atoms with E-state index in [1.54, 1.807) is 18.2 Å². The van der Waals surface area contributed by atoms with E-state index >= 15 is 0 Å². The van der Waals surface area contributed by atoms with Gasteiger partial charge in [-0.15, -0.1) is 0 Å². The van der Waals surface area contributed by atoms with E-state index in [2.05, 4.69) is 5.32 Å². The van der Waals surface area contributed by atoms with E-state index in [1.807, 2.05) is 0 Å². The molecule has 2 aromatic rings. The lowest BCUT2D eigenvalue weighted by atomic mass is 10.1. The summed E-state index contributed by atoms with van der Waals surface area (Å²) >= 11 is 0. The lowest BCUT2D eigenvalue weighted by Crippen LogP contribution is -2.34. The zero-order chi connectivity index (χ0) is 20.0. The van der Waals surface area contributed by atoms with Gasteiger partial charge in [0.25, 0.3) is 0 Å². The molecule has 0 aliphatic heterocycles. The molecule has 0 spiro atoms. The molecule has 4 nitrogen and oxygen atoms in total. The summed E-state index contributed by atoms with van der Waals surface area (Å²) in [7, 11) is 0. The van der Waals surface area contributed by atoms with E-state index in [9.17, 15) is 27.2 Å². The second kappa shape index (κ2) is 9.16. The Morgan fingerprint density at radius 2 is 1.63 bits per heavy atom. The Labute approximate surface area is 153 Å². The van der Waals surface area contributed by atoms with Crippen molar-refractivity contribution in [3.05, 3.63) is 65.2 Å². The summed E-state index contributed by atoms with van der Waals surface area (Å²) in [5, 5.41) is 2.14. The number of carbonyl (C=O) groups is 2. The van der Waals surface area contributed by atoms with Crippen molar-refractivity contribution in [1.29, 1.82) is 0 Å². The monoisotopic (exact) mass is 382 g/mol. The average Bonchev–Trinajstić information content (AvgIpc) is 2.63. The van der Waals surface area contributed by atoms with Gasteiger partial charge in [-0.3, -0.25) is 9.59 Å². The smallest absolute Gasteiger partial charge is 0.226 e. The molecule has 0 heterocycles. The highest BCUT2D eigenvalue weighted by Crippen LogP contribution is 2.19. The Balaban J connectivity index is 1.92. The van der Waals surface area contributed by atoms with Gasteiger partial charge in [0.2, 0.25) is 11.8 Å². The van der Waals surface area contributed by atoms with Crippen molar-refractivity contribution in [2.24, 2.45) is 0 Å². The van der Waals surface area contributed by atoms with E-state index in [0.717, 1.165) is 6.07 Å². The predicted octanol–water partition coefficient (Wildman–Crippen LogP) is 3.66. The van der Waals surface area contributed by atoms with Gasteiger partial charge in [-0.2, -0.15) is 0 Å². The van der Waals surface area contributed by atoms with Crippen molar-refractivity contribution >= 4 is 17.5 Å². The normalized spacial score (nSPS) is 10.6. The number of hydrogen-bond acceptors (Lipinski definition) is 2. The van der Waals surface area contributed by atoms with Gasteiger partial charge >= 0.3 is 0 Å². The van der Waals surface area contributed by atoms with Crippen molar-refractivity contribution in [3.63, 3.8) is 0 Å². The zero-order valence-corrected chi connectivity index (χ0v) is 14.6. The molecule has 2 rings (SSSR count). The van der Waals surface area contributed by atoms with Crippen LogP contribution in [0.4, 0.5) is 23.2 Å². The highest BCUT2D eigenvalue weighted by Gasteiger charge is 2.17. The van der Waals surface area contributed by atoms with E-state index in [4.69, 9.17) is 0 Å². The van der Waals surface area contributed by atoms with E-state index in [-0.39, 0.29) is 37.7 Å². The van der Waals surface area contributed by atoms with Crippen LogP contribution in [-0.4, -0.2) is 29.8 Å². The van der Waals surface area contributed by atoms with Gasteiger partial charge in [0.15, 0.2) is 17.5 Å². The summed E-state index contributed by atoms with van der Waals surface area (Å²) in [5.74, 6) is -5.89. The molecular formula is C19H18F4N2O2. The number of benzene rings is 2. The zero-order valence-electron chi connectivity index (χ0n) is 14.6. The summed E-state index contributed by atoms with van der Waals surface area (Å²) in [4.78, 5) is 25.0. The fourth-order valence-corrected chi connectivity index (χ4v) is 2.45. The topological polar surface area (TPSA) is 49.4 Å². The highest BCUT2D eigenvalue weighted by atomic mass is 19.2. The molecule has 0 saturated heterocycles. The summed E-state index contributed by atoms with van der Waals surface area (Å²) in [6.07, 6.45) is 0.0843. The number of rotatable bonds is 7. The Morgan fingerprint density at radius 3 is 2.30 bits per heavy atom. The summed E-state index contributed by atoms with van der Waals surface area (Å²) < 4.78 is 53.3. The van der Waals surface area contributed by atoms with Gasteiger partial charge in [-0.1, -0.05) is 18.2 Å². The first-order valence-electron chi connectivity index (χ1n) is 8.22. The minimum atomic E-state index is -1.68. The number of anilines is 1. The second-order valence-electron chi connectivity index (χ2n) is 5.87. The number of nitrogens with one attached hydrogen (secondary N) is 1. The molecule has 0 unspecified atom stereocenters. The first-order chi connectivity index (χ1) is 12.8. The second-order valence-corrected chi connectivity index (χ2v) is 5.87. The molecule has 144 valence electrons. The standard InChI is InChI=1S/C19H18F4N2O2/c1-12(26)25(10-8-13-4-2-3-5-14(13)20)11-9-17(27)24-16-7-6-15(21)18(22)19(16)23/h2-7H,8-11H2,1H3,(H,24,27). The van der Waals surface area contributed by atoms with E-state index in [1.165, 1.54) is 17.9 Å². The van der Waals surface area contributed by atoms with E-state index in [0.29, 0.717) is 11.6 Å². The van der Waals surface area contributed by atoms with Crippen molar-refractivity contribution in [2.45, 2.75) is 19.8 Å². The highest BCUT2D eigenvalue weighted by molar-refractivity contribution is 5.91. The number of amides is 2. The SMILES string of the molecule is CC(=O)N(CCC(=O)Nc1ccc(F)c(F)c1F)CCc1ccccc1F. The van der Waals surface area contributed by atoms with Gasteiger partial charge in [-0.05, 0) is 30.2 Å². The maximum Gasteiger partial charge on any atom is 0.226 e. The summed E-state index contributed by atoms with van der Waals surface area (Å²) in [6.45, 7) is 1.53. The minimum absolute atomic E-state index is 0.0148. The Morgan fingerprint density at radius 1 is 0.926 bits per heavy atom. The fraction of sp³-hybridized carbons (Fsp3) is 0.263. The van der Waals surface area contributed by atoms with Crippen LogP contribution in [0.15, 0.2) is 36.4 Å². The van der Waals surface area contributed by atoms with Crippen LogP contribution in [0.25, 0.3) is 0 Å². The van der Waals surface area contributed by atoms with Crippen LogP contribution < -0.4 is 5.32 Å². The molecule has 0 atom stereocenters. The molecule has 0 aliphatic carbocycles. The van der Waals surface area contributed by atoms with Gasteiger partial charge < -0.3 is 10.2 Å². The van der Waals surface area contributed by atoms with Gasteiger partial charge in [0.05, 0.1) is 5.69 Å². The first-order valence-corrected chi connectivity index (χ1v) is 8.22. The molecule has 0 radical (unpaired) electrons. The molecule has 2 aromatic carbocycles. The Kier molecular flexibility index (Phi) is 6.92. The van der Waals surface area contributed by atoms with Crippen LogP contribution in [0.3, 0.4) is 0 Å². The lowest BCUT2D eigenvalue weighted by Gasteiger charge is -2.21. The van der Waals surface area contributed by atoms with Crippen molar-refractivity contribution in [1.82, 2.24) is 4.90 Å². The molecule has 0 bridgehead atoms. The molecule has 0 saturated carbocycles. The van der Waals surface area contributed by atoms with Crippen LogP contribution >= 0.6 is 0 Å². The third-order valence-corrected chi connectivity index (χ3v) is 3.97. The maximum atomic E-state index is 13.6. The molecule has 27 heavy (non-hydrogen) atoms. The number of hydrogen-bond donors (Lipinski definition) is 1. The largest absolute Gasteiger partial charge is 0.342 e. The number of halogens is 4. The molecule has 0 aromatic heterocycles. The first kappa shape index (κ1) is 20.4. The summed E-state index contributed by atoms with van der Waals surface area (Å²) in [5.41, 5.74) is -0.0447. The van der Waals surface area contributed by atoms with Crippen molar-refractivity contribution < 1.29 is 27.2 Å². The van der Waals surface area contributed by atoms with Crippen LogP contribution in [0.5, 0.6) is 0 Å². The van der Waals surface area contributed by atoms with Crippen LogP contribution in [0.1, 0.15) is 18.9 Å². The fourth-order valence-electron chi connectivity index (χ4n) is 2.45. The van der Waals surface area contributed by atoms with Gasteiger partial charge in [-0.25, -0.2) is 17.6 Å². The van der Waals surface area contributed by atoms with Gasteiger partial charge in [0, 0.05) is 26.4 Å². The van der Waals surface area contributed by atoms with Crippen molar-refractivity contribution in [3.8, 4) is 0 Å². The van der Waals surface area contributed by atoms with Crippen molar-refractivity contribution in [2.75, 3.05) is 18.4 Å². The average molecular weight is 382 g/mol. The third kappa shape index (κ3) is 5.54. The van der Waals surface area contributed by atoms with Gasteiger partial charge in [0.1, 0.15) is 5.82 Å². The molecule has 0 aliphatic rings. The lowest BCUT2D eigenvalue weighted by molar-refractivity contribution is -0.129. The van der Waals surface area contributed by atoms with Crippen LogP contribution in [0, 0.1) is 23.3 Å². The van der Waals surface area contributed by atoms with Crippen LogP contribution in [0.2, 0.25) is 0 Å². The molecular weight excluding hydrogens is 364 g/mol. The number of carbonyl (C=O) groups excluding carboxylic acids is 2. The van der Waals surface area contributed by atoms with Crippen LogP contribution in [-0.2, 0) is 16.0 Å². The summed E-state index contributed by atoms with van der Waals surface area (Å²) in [6, 6.07) is 7.77.